The van der Waals surface area contributed by atoms with Crippen LogP contribution in [0.4, 0.5) is 5.69 Å². The molecule has 0 fully saturated rings. The molecule has 31 heavy (non-hydrogen) atoms. The molecule has 5 rings (SSSR count). The first kappa shape index (κ1) is 18.5. The zero-order valence-corrected chi connectivity index (χ0v) is 16.4. The van der Waals surface area contributed by atoms with Gasteiger partial charge in [-0.3, -0.25) is 15.0 Å². The summed E-state index contributed by atoms with van der Waals surface area (Å²) in [6.45, 7) is 0. The van der Waals surface area contributed by atoms with E-state index < -0.39 is 0 Å². The van der Waals surface area contributed by atoms with Gasteiger partial charge in [-0.15, -0.1) is 0 Å². The van der Waals surface area contributed by atoms with E-state index in [9.17, 15) is 4.79 Å². The predicted molar refractivity (Wildman–Crippen MR) is 121 cm³/mol. The molecule has 1 amide bonds. The van der Waals surface area contributed by atoms with Crippen LogP contribution in [0, 0.1) is 0 Å². The highest BCUT2D eigenvalue weighted by molar-refractivity contribution is 6.02. The smallest absolute Gasteiger partial charge is 0.248 e. The highest BCUT2D eigenvalue weighted by Gasteiger charge is 2.11. The van der Waals surface area contributed by atoms with E-state index in [1.54, 1.807) is 6.08 Å². The van der Waals surface area contributed by atoms with Crippen molar-refractivity contribution in [3.63, 3.8) is 0 Å². The van der Waals surface area contributed by atoms with Crippen molar-refractivity contribution in [3.8, 4) is 22.6 Å². The fourth-order valence-corrected chi connectivity index (χ4v) is 3.39. The summed E-state index contributed by atoms with van der Waals surface area (Å²) in [5.74, 6) is 0.501. The van der Waals surface area contributed by atoms with Crippen LogP contribution in [-0.4, -0.2) is 31.3 Å². The van der Waals surface area contributed by atoms with Crippen molar-refractivity contribution < 1.29 is 4.79 Å². The second kappa shape index (κ2) is 8.08. The molecule has 0 saturated carbocycles. The Balaban J connectivity index is 1.41. The summed E-state index contributed by atoms with van der Waals surface area (Å²) in [5.41, 5.74) is 5.19. The summed E-state index contributed by atoms with van der Waals surface area (Å²) < 4.78 is 0. The number of H-pyrrole nitrogens is 2. The van der Waals surface area contributed by atoms with Gasteiger partial charge in [0.2, 0.25) is 5.91 Å². The Hall–Kier alpha value is -4.52. The molecule has 0 aliphatic rings. The minimum Gasteiger partial charge on any atom is -0.322 e. The monoisotopic (exact) mass is 406 g/mol. The van der Waals surface area contributed by atoms with Crippen LogP contribution in [0.2, 0.25) is 0 Å². The molecule has 0 unspecified atom stereocenters. The number of amides is 1. The van der Waals surface area contributed by atoms with Crippen molar-refractivity contribution in [2.24, 2.45) is 0 Å². The number of carbonyl (C=O) groups excluding carboxylic acids is 1. The average Bonchev–Trinajstić information content (AvgIpc) is 3.48. The maximum Gasteiger partial charge on any atom is 0.248 e. The molecule has 5 aromatic rings. The van der Waals surface area contributed by atoms with Gasteiger partial charge in [0.1, 0.15) is 6.33 Å². The first-order valence-corrected chi connectivity index (χ1v) is 9.75. The van der Waals surface area contributed by atoms with E-state index in [0.29, 0.717) is 11.5 Å². The molecular weight excluding hydrogens is 388 g/mol. The number of carbonyl (C=O) groups is 1. The molecule has 2 heterocycles. The van der Waals surface area contributed by atoms with Crippen LogP contribution in [0.25, 0.3) is 39.6 Å². The normalized spacial score (nSPS) is 11.2. The fourth-order valence-electron chi connectivity index (χ4n) is 3.39. The van der Waals surface area contributed by atoms with Crippen LogP contribution in [0.15, 0.2) is 85.2 Å². The molecule has 0 bridgehead atoms. The van der Waals surface area contributed by atoms with Crippen LogP contribution < -0.4 is 5.32 Å². The lowest BCUT2D eigenvalue weighted by atomic mass is 10.0. The molecule has 0 saturated heterocycles. The number of nitrogens with zero attached hydrogens (tertiary/aromatic N) is 3. The molecule has 0 aliphatic heterocycles. The van der Waals surface area contributed by atoms with E-state index >= 15 is 0 Å². The second-order valence-corrected chi connectivity index (χ2v) is 6.98. The van der Waals surface area contributed by atoms with E-state index in [4.69, 9.17) is 0 Å². The zero-order chi connectivity index (χ0) is 21.0. The molecule has 0 atom stereocenters. The number of hydrogen-bond donors (Lipinski definition) is 3. The Morgan fingerprint density at radius 1 is 0.903 bits per heavy atom. The van der Waals surface area contributed by atoms with Gasteiger partial charge in [-0.1, -0.05) is 42.5 Å². The van der Waals surface area contributed by atoms with Gasteiger partial charge in [0.25, 0.3) is 0 Å². The third-order valence-corrected chi connectivity index (χ3v) is 4.88. The summed E-state index contributed by atoms with van der Waals surface area (Å²) in [7, 11) is 0. The highest BCUT2D eigenvalue weighted by atomic mass is 16.1. The molecule has 0 aliphatic carbocycles. The third-order valence-electron chi connectivity index (χ3n) is 4.88. The van der Waals surface area contributed by atoms with Gasteiger partial charge < -0.3 is 5.32 Å². The zero-order valence-electron chi connectivity index (χ0n) is 16.4. The van der Waals surface area contributed by atoms with Gasteiger partial charge in [0.05, 0.1) is 11.2 Å². The van der Waals surface area contributed by atoms with Crippen LogP contribution in [0.1, 0.15) is 5.56 Å². The number of aromatic amines is 2. The fraction of sp³-hybridized carbons (Fsp3) is 0. The van der Waals surface area contributed by atoms with Crippen molar-refractivity contribution in [1.82, 2.24) is 25.4 Å². The molecule has 150 valence electrons. The minimum atomic E-state index is -0.194. The number of benzene rings is 3. The summed E-state index contributed by atoms with van der Waals surface area (Å²) in [6.07, 6.45) is 4.79. The lowest BCUT2D eigenvalue weighted by Crippen LogP contribution is -2.07. The standard InChI is InChI=1S/C24H18N6O/c31-22(12-9-16-5-2-1-3-6-16)27-19-8-4-7-17(13-19)23-20-14-18(24-25-15-26-30-24)10-11-21(20)28-29-23/h1-15H,(H,27,31)(H,28,29)(H,25,26,30)/b12-9+. The van der Waals surface area contributed by atoms with E-state index in [1.807, 2.05) is 72.8 Å². The van der Waals surface area contributed by atoms with Gasteiger partial charge in [-0.05, 0) is 42.0 Å². The van der Waals surface area contributed by atoms with Crippen LogP contribution in [0.3, 0.4) is 0 Å². The van der Waals surface area contributed by atoms with Crippen molar-refractivity contribution in [2.75, 3.05) is 5.32 Å². The number of nitrogens with one attached hydrogen (secondary N) is 3. The number of anilines is 1. The van der Waals surface area contributed by atoms with Gasteiger partial charge in [-0.25, -0.2) is 4.98 Å². The molecular formula is C24H18N6O. The Morgan fingerprint density at radius 2 is 1.81 bits per heavy atom. The SMILES string of the molecule is O=C(/C=C/c1ccccc1)Nc1cccc(-c2n[nH]c3ccc(-c4ncn[nH]4)cc23)c1. The molecule has 7 nitrogen and oxygen atoms in total. The third kappa shape index (κ3) is 3.97. The van der Waals surface area contributed by atoms with E-state index in [-0.39, 0.29) is 5.91 Å². The van der Waals surface area contributed by atoms with Crippen molar-refractivity contribution in [1.29, 1.82) is 0 Å². The molecule has 0 spiro atoms. The lowest BCUT2D eigenvalue weighted by Gasteiger charge is -2.05. The highest BCUT2D eigenvalue weighted by Crippen LogP contribution is 2.30. The predicted octanol–water partition coefficient (Wildman–Crippen LogP) is 4.67. The Morgan fingerprint density at radius 3 is 2.65 bits per heavy atom. The van der Waals surface area contributed by atoms with Crippen molar-refractivity contribution in [2.45, 2.75) is 0 Å². The van der Waals surface area contributed by atoms with Crippen LogP contribution in [-0.2, 0) is 4.79 Å². The van der Waals surface area contributed by atoms with Gasteiger partial charge in [0, 0.05) is 28.3 Å². The Bertz CT molecular complexity index is 1370. The van der Waals surface area contributed by atoms with Crippen molar-refractivity contribution in [3.05, 3.63) is 90.8 Å². The summed E-state index contributed by atoms with van der Waals surface area (Å²) in [5, 5.41) is 18.2. The molecule has 3 aromatic carbocycles. The first-order valence-electron chi connectivity index (χ1n) is 9.75. The topological polar surface area (TPSA) is 99.3 Å². The molecule has 0 radical (unpaired) electrons. The quantitative estimate of drug-likeness (QED) is 0.369. The van der Waals surface area contributed by atoms with Gasteiger partial charge in [-0.2, -0.15) is 10.2 Å². The summed E-state index contributed by atoms with van der Waals surface area (Å²) in [6, 6.07) is 23.3. The maximum atomic E-state index is 12.3. The molecule has 2 aromatic heterocycles. The number of rotatable bonds is 5. The van der Waals surface area contributed by atoms with E-state index in [0.717, 1.165) is 33.3 Å². The minimum absolute atomic E-state index is 0.194. The Kier molecular flexibility index (Phi) is 4.82. The first-order chi connectivity index (χ1) is 15.3. The average molecular weight is 406 g/mol. The molecule has 7 heteroatoms. The summed E-state index contributed by atoms with van der Waals surface area (Å²) in [4.78, 5) is 16.6. The van der Waals surface area contributed by atoms with E-state index in [2.05, 4.69) is 30.7 Å². The number of fused-ring (bicyclic) bond motifs is 1. The number of aromatic nitrogens is 5. The number of hydrogen-bond acceptors (Lipinski definition) is 4. The second-order valence-electron chi connectivity index (χ2n) is 6.98. The summed E-state index contributed by atoms with van der Waals surface area (Å²) >= 11 is 0. The lowest BCUT2D eigenvalue weighted by molar-refractivity contribution is -0.111. The maximum absolute atomic E-state index is 12.3. The van der Waals surface area contributed by atoms with E-state index in [1.165, 1.54) is 12.4 Å². The van der Waals surface area contributed by atoms with Crippen LogP contribution in [0.5, 0.6) is 0 Å². The Labute approximate surface area is 177 Å². The largest absolute Gasteiger partial charge is 0.322 e. The van der Waals surface area contributed by atoms with Crippen molar-refractivity contribution >= 4 is 28.6 Å². The van der Waals surface area contributed by atoms with Crippen LogP contribution >= 0.6 is 0 Å². The van der Waals surface area contributed by atoms with Gasteiger partial charge >= 0.3 is 0 Å². The molecule has 3 N–H and O–H groups in total. The van der Waals surface area contributed by atoms with Gasteiger partial charge in [0.15, 0.2) is 5.82 Å².